The number of rotatable bonds is 3. The van der Waals surface area contributed by atoms with E-state index in [1.807, 2.05) is 18.9 Å². The lowest BCUT2D eigenvalue weighted by Gasteiger charge is -2.28. The molecule has 1 aliphatic rings. The largest absolute Gasteiger partial charge is 0.344 e. The van der Waals surface area contributed by atoms with E-state index >= 15 is 0 Å². The van der Waals surface area contributed by atoms with E-state index in [0.717, 1.165) is 13.1 Å². The van der Waals surface area contributed by atoms with Gasteiger partial charge < -0.3 is 10.2 Å². The summed E-state index contributed by atoms with van der Waals surface area (Å²) in [6, 6.07) is 0.522. The number of carbonyl (C=O) groups is 1. The van der Waals surface area contributed by atoms with Crippen LogP contribution in [0.4, 0.5) is 0 Å². The fourth-order valence-electron chi connectivity index (χ4n) is 1.78. The highest BCUT2D eigenvalue weighted by Gasteiger charge is 2.16. The van der Waals surface area contributed by atoms with Gasteiger partial charge in [0.15, 0.2) is 0 Å². The zero-order valence-corrected chi connectivity index (χ0v) is 8.68. The number of hydrogen-bond donors (Lipinski definition) is 1. The van der Waals surface area contributed by atoms with E-state index in [0.29, 0.717) is 12.5 Å². The molecule has 0 aromatic carbocycles. The number of carbonyl (C=O) groups excluding carboxylic acids is 1. The van der Waals surface area contributed by atoms with Crippen LogP contribution in [0.25, 0.3) is 0 Å². The predicted molar refractivity (Wildman–Crippen MR) is 53.6 cm³/mol. The van der Waals surface area contributed by atoms with E-state index in [4.69, 9.17) is 0 Å². The van der Waals surface area contributed by atoms with Crippen LogP contribution < -0.4 is 5.32 Å². The zero-order valence-electron chi connectivity index (χ0n) is 8.68. The molecule has 1 heterocycles. The first-order valence-corrected chi connectivity index (χ1v) is 5.21. The van der Waals surface area contributed by atoms with Crippen LogP contribution >= 0.6 is 0 Å². The van der Waals surface area contributed by atoms with Gasteiger partial charge in [-0.2, -0.15) is 0 Å². The monoisotopic (exact) mass is 184 g/mol. The molecule has 0 bridgehead atoms. The van der Waals surface area contributed by atoms with Gasteiger partial charge in [0, 0.05) is 26.1 Å². The van der Waals surface area contributed by atoms with Crippen LogP contribution in [-0.2, 0) is 4.79 Å². The third-order valence-electron chi connectivity index (χ3n) is 2.63. The Morgan fingerprint density at radius 3 is 2.85 bits per heavy atom. The van der Waals surface area contributed by atoms with Crippen LogP contribution in [0.1, 0.15) is 32.6 Å². The molecule has 1 amide bonds. The number of amides is 1. The Morgan fingerprint density at radius 2 is 2.31 bits per heavy atom. The molecule has 1 unspecified atom stereocenters. The van der Waals surface area contributed by atoms with E-state index in [1.54, 1.807) is 0 Å². The van der Waals surface area contributed by atoms with Gasteiger partial charge >= 0.3 is 0 Å². The van der Waals surface area contributed by atoms with Gasteiger partial charge in [-0.1, -0.05) is 13.3 Å². The molecule has 13 heavy (non-hydrogen) atoms. The number of piperidine rings is 1. The van der Waals surface area contributed by atoms with Crippen molar-refractivity contribution in [3.8, 4) is 0 Å². The molecule has 1 saturated heterocycles. The lowest BCUT2D eigenvalue weighted by molar-refractivity contribution is -0.129. The number of likely N-dealkylation sites (N-methyl/N-ethyl adjacent to an activating group) is 1. The quantitative estimate of drug-likeness (QED) is 0.709. The second kappa shape index (κ2) is 5.22. The lowest BCUT2D eigenvalue weighted by atomic mass is 10.0. The SMILES string of the molecule is CCC(=O)N(C)CC1CCCCN1. The Kier molecular flexibility index (Phi) is 4.22. The molecule has 0 radical (unpaired) electrons. The van der Waals surface area contributed by atoms with Crippen LogP contribution in [-0.4, -0.2) is 37.0 Å². The fraction of sp³-hybridized carbons (Fsp3) is 0.900. The van der Waals surface area contributed by atoms with Gasteiger partial charge in [0.05, 0.1) is 0 Å². The second-order valence-electron chi connectivity index (χ2n) is 3.77. The molecule has 1 N–H and O–H groups in total. The maximum Gasteiger partial charge on any atom is 0.222 e. The Labute approximate surface area is 80.5 Å². The van der Waals surface area contributed by atoms with Gasteiger partial charge in [-0.15, -0.1) is 0 Å². The summed E-state index contributed by atoms with van der Waals surface area (Å²) >= 11 is 0. The molecule has 3 heteroatoms. The molecule has 0 spiro atoms. The summed E-state index contributed by atoms with van der Waals surface area (Å²) in [7, 11) is 1.89. The number of hydrogen-bond acceptors (Lipinski definition) is 2. The second-order valence-corrected chi connectivity index (χ2v) is 3.77. The average molecular weight is 184 g/mol. The van der Waals surface area contributed by atoms with Crippen LogP contribution in [0.15, 0.2) is 0 Å². The van der Waals surface area contributed by atoms with E-state index in [2.05, 4.69) is 5.32 Å². The summed E-state index contributed by atoms with van der Waals surface area (Å²) in [6.45, 7) is 3.89. The average Bonchev–Trinajstić information content (AvgIpc) is 2.18. The van der Waals surface area contributed by atoms with Gasteiger partial charge in [0.1, 0.15) is 0 Å². The van der Waals surface area contributed by atoms with Crippen molar-refractivity contribution < 1.29 is 4.79 Å². The molecule has 0 aromatic rings. The molecule has 0 aliphatic carbocycles. The van der Waals surface area contributed by atoms with Crippen LogP contribution in [0.5, 0.6) is 0 Å². The summed E-state index contributed by atoms with van der Waals surface area (Å²) < 4.78 is 0. The first-order valence-electron chi connectivity index (χ1n) is 5.21. The van der Waals surface area contributed by atoms with Crippen LogP contribution in [0, 0.1) is 0 Å². The maximum atomic E-state index is 11.3. The van der Waals surface area contributed by atoms with Gasteiger partial charge in [-0.25, -0.2) is 0 Å². The summed E-state index contributed by atoms with van der Waals surface area (Å²) in [6.07, 6.45) is 4.40. The van der Waals surface area contributed by atoms with Gasteiger partial charge in [-0.3, -0.25) is 4.79 Å². The van der Waals surface area contributed by atoms with Crippen molar-refractivity contribution in [2.75, 3.05) is 20.1 Å². The molecule has 3 nitrogen and oxygen atoms in total. The van der Waals surface area contributed by atoms with Crippen molar-refractivity contribution in [3.63, 3.8) is 0 Å². The minimum atomic E-state index is 0.243. The van der Waals surface area contributed by atoms with Crippen molar-refractivity contribution in [2.24, 2.45) is 0 Å². The maximum absolute atomic E-state index is 11.3. The van der Waals surface area contributed by atoms with E-state index in [1.165, 1.54) is 19.3 Å². The number of nitrogens with zero attached hydrogens (tertiary/aromatic N) is 1. The highest BCUT2D eigenvalue weighted by atomic mass is 16.2. The summed E-state index contributed by atoms with van der Waals surface area (Å²) in [5.74, 6) is 0.243. The highest BCUT2D eigenvalue weighted by molar-refractivity contribution is 5.75. The molecule has 1 aliphatic heterocycles. The van der Waals surface area contributed by atoms with Crippen molar-refractivity contribution in [1.82, 2.24) is 10.2 Å². The summed E-state index contributed by atoms with van der Waals surface area (Å²) in [4.78, 5) is 13.1. The topological polar surface area (TPSA) is 32.3 Å². The number of nitrogens with one attached hydrogen (secondary N) is 1. The Morgan fingerprint density at radius 1 is 1.54 bits per heavy atom. The molecule has 1 rings (SSSR count). The van der Waals surface area contributed by atoms with Gasteiger partial charge in [0.2, 0.25) is 5.91 Å². The molecule has 76 valence electrons. The normalized spacial score (nSPS) is 22.8. The van der Waals surface area contributed by atoms with Gasteiger partial charge in [-0.05, 0) is 19.4 Å². The smallest absolute Gasteiger partial charge is 0.222 e. The summed E-state index contributed by atoms with van der Waals surface area (Å²) in [5, 5.41) is 3.44. The first kappa shape index (κ1) is 10.5. The Hall–Kier alpha value is -0.570. The van der Waals surface area contributed by atoms with Crippen LogP contribution in [0.2, 0.25) is 0 Å². The highest BCUT2D eigenvalue weighted by Crippen LogP contribution is 2.08. The Bertz CT molecular complexity index is 164. The standard InChI is InChI=1S/C10H20N2O/c1-3-10(13)12(2)8-9-6-4-5-7-11-9/h9,11H,3-8H2,1-2H3. The fourth-order valence-corrected chi connectivity index (χ4v) is 1.78. The Balaban J connectivity index is 2.25. The molecule has 1 atom stereocenters. The minimum absolute atomic E-state index is 0.243. The molecule has 0 saturated carbocycles. The first-order chi connectivity index (χ1) is 6.24. The summed E-state index contributed by atoms with van der Waals surface area (Å²) in [5.41, 5.74) is 0. The molecular weight excluding hydrogens is 164 g/mol. The van der Waals surface area contributed by atoms with Crippen molar-refractivity contribution >= 4 is 5.91 Å². The van der Waals surface area contributed by atoms with Crippen LogP contribution in [0.3, 0.4) is 0 Å². The third-order valence-corrected chi connectivity index (χ3v) is 2.63. The lowest BCUT2D eigenvalue weighted by Crippen LogP contribution is -2.44. The van der Waals surface area contributed by atoms with E-state index in [9.17, 15) is 4.79 Å². The van der Waals surface area contributed by atoms with Crippen molar-refractivity contribution in [3.05, 3.63) is 0 Å². The van der Waals surface area contributed by atoms with Gasteiger partial charge in [0.25, 0.3) is 0 Å². The van der Waals surface area contributed by atoms with Crippen molar-refractivity contribution in [2.45, 2.75) is 38.6 Å². The van der Waals surface area contributed by atoms with E-state index in [-0.39, 0.29) is 5.91 Å². The minimum Gasteiger partial charge on any atom is -0.344 e. The molecular formula is C10H20N2O. The van der Waals surface area contributed by atoms with E-state index < -0.39 is 0 Å². The third kappa shape index (κ3) is 3.35. The molecule has 1 fully saturated rings. The molecule has 0 aromatic heterocycles. The predicted octanol–water partition coefficient (Wildman–Crippen LogP) is 0.997. The van der Waals surface area contributed by atoms with Crippen molar-refractivity contribution in [1.29, 1.82) is 0 Å². The zero-order chi connectivity index (χ0) is 9.68.